The van der Waals surface area contributed by atoms with Crippen LogP contribution in [0.2, 0.25) is 0 Å². The second kappa shape index (κ2) is 11.3. The second-order valence-corrected chi connectivity index (χ2v) is 8.39. The molecule has 0 aliphatic rings. The summed E-state index contributed by atoms with van der Waals surface area (Å²) in [6, 6.07) is 14.8. The van der Waals surface area contributed by atoms with E-state index in [1.54, 1.807) is 31.2 Å². The van der Waals surface area contributed by atoms with Gasteiger partial charge < -0.3 is 14.2 Å². The molecule has 0 bridgehead atoms. The Morgan fingerprint density at radius 3 is 2.32 bits per heavy atom. The van der Waals surface area contributed by atoms with Crippen molar-refractivity contribution < 1.29 is 23.8 Å². The Morgan fingerprint density at radius 2 is 1.65 bits per heavy atom. The van der Waals surface area contributed by atoms with Crippen molar-refractivity contribution in [1.29, 1.82) is 0 Å². The average molecular weight is 460 g/mol. The number of carbonyl (C=O) groups is 2. The molecule has 0 aliphatic heterocycles. The van der Waals surface area contributed by atoms with Gasteiger partial charge in [0.05, 0.1) is 12.4 Å². The van der Waals surface area contributed by atoms with Gasteiger partial charge in [0.1, 0.15) is 17.2 Å². The number of nitrogens with one attached hydrogen (secondary N) is 1. The highest BCUT2D eigenvalue weighted by atomic mass is 32.2. The first-order valence-corrected chi connectivity index (χ1v) is 11.2. The van der Waals surface area contributed by atoms with E-state index in [0.717, 1.165) is 11.3 Å². The van der Waals surface area contributed by atoms with Gasteiger partial charge in [0.15, 0.2) is 10.9 Å². The smallest absolute Gasteiger partial charge is 0.316 e. The number of aromatic nitrogens is 2. The summed E-state index contributed by atoms with van der Waals surface area (Å²) in [5.41, 5.74) is 1.16. The maximum Gasteiger partial charge on any atom is 0.316 e. The first-order chi connectivity index (χ1) is 15.0. The predicted octanol–water partition coefficient (Wildman–Crippen LogP) is 4.31. The molecule has 31 heavy (non-hydrogen) atoms. The van der Waals surface area contributed by atoms with E-state index < -0.39 is 0 Å². The van der Waals surface area contributed by atoms with Gasteiger partial charge in [-0.25, -0.2) is 0 Å². The summed E-state index contributed by atoms with van der Waals surface area (Å²) in [6.07, 6.45) is 0. The predicted molar refractivity (Wildman–Crippen MR) is 119 cm³/mol. The number of hydrogen-bond donors (Lipinski definition) is 1. The molecule has 1 N–H and O–H groups in total. The molecule has 0 unspecified atom stereocenters. The molecule has 1 amide bonds. The fourth-order valence-corrected chi connectivity index (χ4v) is 3.86. The van der Waals surface area contributed by atoms with E-state index in [-0.39, 0.29) is 24.2 Å². The van der Waals surface area contributed by atoms with E-state index in [2.05, 4.69) is 15.5 Å². The zero-order chi connectivity index (χ0) is 22.1. The molecule has 2 aromatic carbocycles. The SMILES string of the molecule is CCOC(=O)CSc1nnc(NC(=O)COc2ccc(Oc3ccc(C)cc3)cc2)s1. The van der Waals surface area contributed by atoms with Gasteiger partial charge in [-0.15, -0.1) is 10.2 Å². The molecule has 0 radical (unpaired) electrons. The highest BCUT2D eigenvalue weighted by Crippen LogP contribution is 2.26. The van der Waals surface area contributed by atoms with Gasteiger partial charge >= 0.3 is 5.97 Å². The molecule has 0 aliphatic carbocycles. The van der Waals surface area contributed by atoms with E-state index in [0.29, 0.717) is 27.6 Å². The van der Waals surface area contributed by atoms with E-state index in [1.807, 2.05) is 31.2 Å². The normalized spacial score (nSPS) is 10.4. The van der Waals surface area contributed by atoms with Gasteiger partial charge in [0, 0.05) is 0 Å². The Morgan fingerprint density at radius 1 is 1.00 bits per heavy atom. The highest BCUT2D eigenvalue weighted by Gasteiger charge is 2.11. The lowest BCUT2D eigenvalue weighted by atomic mass is 10.2. The third kappa shape index (κ3) is 7.58. The Bertz CT molecular complexity index is 1010. The first-order valence-electron chi connectivity index (χ1n) is 9.41. The molecule has 0 spiro atoms. The Kier molecular flexibility index (Phi) is 8.25. The second-order valence-electron chi connectivity index (χ2n) is 6.19. The highest BCUT2D eigenvalue weighted by molar-refractivity contribution is 8.01. The summed E-state index contributed by atoms with van der Waals surface area (Å²) in [5, 5.41) is 10.8. The monoisotopic (exact) mass is 459 g/mol. The maximum absolute atomic E-state index is 12.1. The Balaban J connectivity index is 1.42. The summed E-state index contributed by atoms with van der Waals surface area (Å²) < 4.78 is 16.7. The number of thioether (sulfide) groups is 1. The van der Waals surface area contributed by atoms with Crippen LogP contribution >= 0.6 is 23.1 Å². The lowest BCUT2D eigenvalue weighted by Gasteiger charge is -2.08. The Hall–Kier alpha value is -3.11. The molecule has 0 saturated carbocycles. The minimum atomic E-state index is -0.363. The van der Waals surface area contributed by atoms with Crippen LogP contribution in [0.25, 0.3) is 0 Å². The van der Waals surface area contributed by atoms with Crippen LogP contribution in [0.4, 0.5) is 5.13 Å². The van der Waals surface area contributed by atoms with Gasteiger partial charge in [-0.3, -0.25) is 14.9 Å². The molecular weight excluding hydrogens is 438 g/mol. The fraction of sp³-hybridized carbons (Fsp3) is 0.238. The number of aryl methyl sites for hydroxylation is 1. The van der Waals surface area contributed by atoms with E-state index in [9.17, 15) is 9.59 Å². The average Bonchev–Trinajstić information content (AvgIpc) is 3.21. The van der Waals surface area contributed by atoms with Crippen molar-refractivity contribution in [2.75, 3.05) is 24.3 Å². The van der Waals surface area contributed by atoms with Crippen molar-refractivity contribution in [3.05, 3.63) is 54.1 Å². The summed E-state index contributed by atoms with van der Waals surface area (Å²) in [4.78, 5) is 23.4. The number of amides is 1. The minimum Gasteiger partial charge on any atom is -0.484 e. The molecule has 0 saturated heterocycles. The Labute approximate surface area is 187 Å². The molecule has 0 atom stereocenters. The van der Waals surface area contributed by atoms with Crippen LogP contribution < -0.4 is 14.8 Å². The van der Waals surface area contributed by atoms with Gasteiger partial charge in [-0.2, -0.15) is 0 Å². The van der Waals surface area contributed by atoms with Crippen molar-refractivity contribution in [1.82, 2.24) is 10.2 Å². The summed E-state index contributed by atoms with van der Waals surface area (Å²) in [5.74, 6) is 1.41. The van der Waals surface area contributed by atoms with Gasteiger partial charge in [0.2, 0.25) is 5.13 Å². The van der Waals surface area contributed by atoms with Crippen LogP contribution in [-0.2, 0) is 14.3 Å². The van der Waals surface area contributed by atoms with Crippen molar-refractivity contribution in [3.8, 4) is 17.2 Å². The lowest BCUT2D eigenvalue weighted by Crippen LogP contribution is -2.20. The zero-order valence-corrected chi connectivity index (χ0v) is 18.6. The van der Waals surface area contributed by atoms with Crippen molar-refractivity contribution in [3.63, 3.8) is 0 Å². The standard InChI is InChI=1S/C21H21N3O5S2/c1-3-27-19(26)13-30-21-24-23-20(31-21)22-18(25)12-28-15-8-10-17(11-9-15)29-16-6-4-14(2)5-7-16/h4-11H,3,12-13H2,1-2H3,(H,22,23,25). The van der Waals surface area contributed by atoms with Crippen molar-refractivity contribution in [2.24, 2.45) is 0 Å². The van der Waals surface area contributed by atoms with Crippen LogP contribution in [0.1, 0.15) is 12.5 Å². The quantitative estimate of drug-likeness (QED) is 0.272. The van der Waals surface area contributed by atoms with Crippen LogP contribution in [0.15, 0.2) is 52.9 Å². The number of carbonyl (C=O) groups excluding carboxylic acids is 2. The summed E-state index contributed by atoms with van der Waals surface area (Å²) in [6.45, 7) is 3.92. The largest absolute Gasteiger partial charge is 0.484 e. The number of rotatable bonds is 10. The van der Waals surface area contributed by atoms with E-state index in [4.69, 9.17) is 14.2 Å². The topological polar surface area (TPSA) is 99.6 Å². The molecule has 3 aromatic rings. The lowest BCUT2D eigenvalue weighted by molar-refractivity contribution is -0.139. The van der Waals surface area contributed by atoms with E-state index >= 15 is 0 Å². The molecular formula is C21H21N3O5S2. The number of hydrogen-bond acceptors (Lipinski definition) is 9. The van der Waals surface area contributed by atoms with Crippen molar-refractivity contribution in [2.45, 2.75) is 18.2 Å². The molecule has 8 nitrogen and oxygen atoms in total. The third-order valence-corrected chi connectivity index (χ3v) is 5.67. The third-order valence-electron chi connectivity index (χ3n) is 3.72. The van der Waals surface area contributed by atoms with Crippen LogP contribution in [-0.4, -0.2) is 41.0 Å². The number of esters is 1. The van der Waals surface area contributed by atoms with Crippen LogP contribution in [0.5, 0.6) is 17.2 Å². The minimum absolute atomic E-state index is 0.142. The summed E-state index contributed by atoms with van der Waals surface area (Å²) in [7, 11) is 0. The molecule has 3 rings (SSSR count). The zero-order valence-electron chi connectivity index (χ0n) is 17.0. The number of benzene rings is 2. The molecule has 10 heteroatoms. The number of nitrogens with zero attached hydrogens (tertiary/aromatic N) is 2. The van der Waals surface area contributed by atoms with Crippen LogP contribution in [0.3, 0.4) is 0 Å². The van der Waals surface area contributed by atoms with E-state index in [1.165, 1.54) is 23.1 Å². The number of anilines is 1. The van der Waals surface area contributed by atoms with Gasteiger partial charge in [-0.1, -0.05) is 40.8 Å². The molecule has 1 aromatic heterocycles. The molecule has 162 valence electrons. The molecule has 1 heterocycles. The molecule has 0 fully saturated rings. The van der Waals surface area contributed by atoms with Crippen LogP contribution in [0, 0.1) is 6.92 Å². The maximum atomic E-state index is 12.1. The van der Waals surface area contributed by atoms with Crippen molar-refractivity contribution >= 4 is 40.1 Å². The van der Waals surface area contributed by atoms with Gasteiger partial charge in [0.25, 0.3) is 5.91 Å². The fourth-order valence-electron chi connectivity index (χ4n) is 2.29. The summed E-state index contributed by atoms with van der Waals surface area (Å²) >= 11 is 2.38. The van der Waals surface area contributed by atoms with Gasteiger partial charge in [-0.05, 0) is 50.2 Å². The number of ether oxygens (including phenoxy) is 3. The first kappa shape index (κ1) is 22.6.